The highest BCUT2D eigenvalue weighted by atomic mass is 16.5. The number of hydrogen-bond acceptors (Lipinski definition) is 3. The molecule has 3 nitrogen and oxygen atoms in total. The maximum absolute atomic E-state index is 5.53. The van der Waals surface area contributed by atoms with Crippen LogP contribution < -0.4 is 10.1 Å². The minimum absolute atomic E-state index is 0.286. The molecule has 104 valence electrons. The lowest BCUT2D eigenvalue weighted by atomic mass is 10.1. The number of pyridine rings is 1. The Morgan fingerprint density at radius 3 is 3.10 bits per heavy atom. The summed E-state index contributed by atoms with van der Waals surface area (Å²) in [5.74, 6) is 1.06. The van der Waals surface area contributed by atoms with Gasteiger partial charge in [-0.1, -0.05) is 18.2 Å². The highest BCUT2D eigenvalue weighted by Crippen LogP contribution is 2.25. The summed E-state index contributed by atoms with van der Waals surface area (Å²) < 4.78 is 5.53. The fourth-order valence-electron chi connectivity index (χ4n) is 2.57. The number of nitrogens with one attached hydrogen (secondary N) is 1. The summed E-state index contributed by atoms with van der Waals surface area (Å²) in [5.41, 5.74) is 3.81. The SMILES string of the molecule is C[C@H](NCCc1ccc2c(c1)CCO2)c1ccccn1. The predicted octanol–water partition coefficient (Wildman–Crippen LogP) is 2.91. The lowest BCUT2D eigenvalue weighted by Crippen LogP contribution is -2.22. The Morgan fingerprint density at radius 1 is 1.30 bits per heavy atom. The van der Waals surface area contributed by atoms with Crippen LogP contribution in [0.15, 0.2) is 42.6 Å². The fraction of sp³-hybridized carbons (Fsp3) is 0.353. The third-order valence-corrected chi connectivity index (χ3v) is 3.75. The van der Waals surface area contributed by atoms with Crippen LogP contribution in [0.5, 0.6) is 5.75 Å². The second kappa shape index (κ2) is 6.06. The molecule has 0 aliphatic carbocycles. The van der Waals surface area contributed by atoms with Crippen molar-refractivity contribution in [3.63, 3.8) is 0 Å². The van der Waals surface area contributed by atoms with Gasteiger partial charge in [-0.3, -0.25) is 4.98 Å². The van der Waals surface area contributed by atoms with E-state index in [1.165, 1.54) is 11.1 Å². The van der Waals surface area contributed by atoms with Crippen molar-refractivity contribution in [2.75, 3.05) is 13.2 Å². The molecule has 3 heteroatoms. The van der Waals surface area contributed by atoms with Gasteiger partial charge in [0, 0.05) is 18.7 Å². The molecule has 0 saturated carbocycles. The van der Waals surface area contributed by atoms with Crippen LogP contribution in [0.2, 0.25) is 0 Å². The number of hydrogen-bond donors (Lipinski definition) is 1. The summed E-state index contributed by atoms with van der Waals surface area (Å²) in [6.07, 6.45) is 3.92. The van der Waals surface area contributed by atoms with E-state index in [2.05, 4.69) is 41.5 Å². The Morgan fingerprint density at radius 2 is 2.25 bits per heavy atom. The Hall–Kier alpha value is -1.87. The lowest BCUT2D eigenvalue weighted by Gasteiger charge is -2.13. The van der Waals surface area contributed by atoms with Crippen LogP contribution in [-0.2, 0) is 12.8 Å². The van der Waals surface area contributed by atoms with E-state index in [1.54, 1.807) is 0 Å². The van der Waals surface area contributed by atoms with E-state index in [0.29, 0.717) is 0 Å². The van der Waals surface area contributed by atoms with Gasteiger partial charge in [0.25, 0.3) is 0 Å². The van der Waals surface area contributed by atoms with E-state index in [9.17, 15) is 0 Å². The standard InChI is InChI=1S/C17H20N2O/c1-13(16-4-2-3-9-19-16)18-10-7-14-5-6-17-15(12-14)8-11-20-17/h2-6,9,12-13,18H,7-8,10-11H2,1H3/t13-/m0/s1. The molecule has 1 aromatic heterocycles. The number of nitrogens with zero attached hydrogens (tertiary/aromatic N) is 1. The van der Waals surface area contributed by atoms with Crippen molar-refractivity contribution in [3.8, 4) is 5.75 Å². The Labute approximate surface area is 120 Å². The van der Waals surface area contributed by atoms with Crippen LogP contribution >= 0.6 is 0 Å². The van der Waals surface area contributed by atoms with Crippen LogP contribution in [0.25, 0.3) is 0 Å². The fourth-order valence-corrected chi connectivity index (χ4v) is 2.57. The molecule has 0 radical (unpaired) electrons. The Kier molecular flexibility index (Phi) is 3.97. The molecule has 2 aromatic rings. The molecule has 3 rings (SSSR count). The quantitative estimate of drug-likeness (QED) is 0.905. The first-order chi connectivity index (χ1) is 9.83. The summed E-state index contributed by atoms with van der Waals surface area (Å²) in [4.78, 5) is 4.37. The van der Waals surface area contributed by atoms with Crippen molar-refractivity contribution in [1.82, 2.24) is 10.3 Å². The zero-order chi connectivity index (χ0) is 13.8. The van der Waals surface area contributed by atoms with E-state index < -0.39 is 0 Å². The normalized spacial score (nSPS) is 14.7. The lowest BCUT2D eigenvalue weighted by molar-refractivity contribution is 0.357. The molecule has 0 spiro atoms. The second-order valence-electron chi connectivity index (χ2n) is 5.22. The van der Waals surface area contributed by atoms with Crippen molar-refractivity contribution < 1.29 is 4.74 Å². The van der Waals surface area contributed by atoms with Gasteiger partial charge in [0.2, 0.25) is 0 Å². The topological polar surface area (TPSA) is 34.1 Å². The van der Waals surface area contributed by atoms with E-state index in [-0.39, 0.29) is 6.04 Å². The van der Waals surface area contributed by atoms with Crippen molar-refractivity contribution in [1.29, 1.82) is 0 Å². The summed E-state index contributed by atoms with van der Waals surface area (Å²) in [6, 6.07) is 12.9. The van der Waals surface area contributed by atoms with Gasteiger partial charge >= 0.3 is 0 Å². The zero-order valence-corrected chi connectivity index (χ0v) is 11.8. The van der Waals surface area contributed by atoms with Crippen LogP contribution in [0.1, 0.15) is 29.8 Å². The van der Waals surface area contributed by atoms with Gasteiger partial charge in [-0.05, 0) is 49.2 Å². The molecule has 1 N–H and O–H groups in total. The summed E-state index contributed by atoms with van der Waals surface area (Å²) in [5, 5.41) is 3.52. The molecule has 0 unspecified atom stereocenters. The van der Waals surface area contributed by atoms with Crippen molar-refractivity contribution >= 4 is 0 Å². The highest BCUT2D eigenvalue weighted by molar-refractivity contribution is 5.39. The maximum atomic E-state index is 5.53. The average molecular weight is 268 g/mol. The number of aromatic nitrogens is 1. The van der Waals surface area contributed by atoms with Crippen molar-refractivity contribution in [2.45, 2.75) is 25.8 Å². The molecule has 1 aromatic carbocycles. The third-order valence-electron chi connectivity index (χ3n) is 3.75. The number of rotatable bonds is 5. The molecule has 0 fully saturated rings. The molecule has 1 aliphatic heterocycles. The summed E-state index contributed by atoms with van der Waals surface area (Å²) in [6.45, 7) is 3.93. The maximum Gasteiger partial charge on any atom is 0.122 e. The largest absolute Gasteiger partial charge is 0.493 e. The van der Waals surface area contributed by atoms with Gasteiger partial charge < -0.3 is 10.1 Å². The van der Waals surface area contributed by atoms with Crippen LogP contribution in [0, 0.1) is 0 Å². The molecule has 0 bridgehead atoms. The minimum atomic E-state index is 0.286. The van der Waals surface area contributed by atoms with Crippen LogP contribution in [-0.4, -0.2) is 18.1 Å². The molecular weight excluding hydrogens is 248 g/mol. The summed E-state index contributed by atoms with van der Waals surface area (Å²) in [7, 11) is 0. The first-order valence-corrected chi connectivity index (χ1v) is 7.22. The summed E-state index contributed by atoms with van der Waals surface area (Å²) >= 11 is 0. The number of ether oxygens (including phenoxy) is 1. The van der Waals surface area contributed by atoms with Gasteiger partial charge in [0.1, 0.15) is 5.75 Å². The van der Waals surface area contributed by atoms with Crippen LogP contribution in [0.3, 0.4) is 0 Å². The van der Waals surface area contributed by atoms with E-state index >= 15 is 0 Å². The van der Waals surface area contributed by atoms with Gasteiger partial charge in [-0.15, -0.1) is 0 Å². The molecule has 2 heterocycles. The highest BCUT2D eigenvalue weighted by Gasteiger charge is 2.12. The van der Waals surface area contributed by atoms with Gasteiger partial charge in [0.15, 0.2) is 0 Å². The number of fused-ring (bicyclic) bond motifs is 1. The van der Waals surface area contributed by atoms with Gasteiger partial charge in [-0.2, -0.15) is 0 Å². The molecule has 1 atom stereocenters. The van der Waals surface area contributed by atoms with Gasteiger partial charge in [0.05, 0.1) is 12.3 Å². The molecular formula is C17H20N2O. The molecule has 20 heavy (non-hydrogen) atoms. The van der Waals surface area contributed by atoms with E-state index in [1.807, 2.05) is 18.3 Å². The molecule has 1 aliphatic rings. The molecule has 0 amide bonds. The van der Waals surface area contributed by atoms with Crippen molar-refractivity contribution in [3.05, 3.63) is 59.4 Å². The Balaban J connectivity index is 1.53. The van der Waals surface area contributed by atoms with E-state index in [0.717, 1.165) is 37.4 Å². The first kappa shape index (κ1) is 13.1. The first-order valence-electron chi connectivity index (χ1n) is 7.22. The average Bonchev–Trinajstić information content (AvgIpc) is 2.95. The third kappa shape index (κ3) is 2.99. The van der Waals surface area contributed by atoms with Crippen LogP contribution in [0.4, 0.5) is 0 Å². The van der Waals surface area contributed by atoms with Crippen molar-refractivity contribution in [2.24, 2.45) is 0 Å². The van der Waals surface area contributed by atoms with Gasteiger partial charge in [-0.25, -0.2) is 0 Å². The van der Waals surface area contributed by atoms with E-state index in [4.69, 9.17) is 4.74 Å². The predicted molar refractivity (Wildman–Crippen MR) is 80.0 cm³/mol. The monoisotopic (exact) mass is 268 g/mol. The zero-order valence-electron chi connectivity index (χ0n) is 11.8. The minimum Gasteiger partial charge on any atom is -0.493 e. The number of benzene rings is 1. The smallest absolute Gasteiger partial charge is 0.122 e. The second-order valence-corrected chi connectivity index (χ2v) is 5.22. The Bertz CT molecular complexity index is 568. The molecule has 0 saturated heterocycles.